The number of nitrogens with zero attached hydrogens (tertiary/aromatic N) is 1. The molecule has 16 heavy (non-hydrogen) atoms. The molecule has 4 nitrogen and oxygen atoms in total. The summed E-state index contributed by atoms with van der Waals surface area (Å²) < 4.78 is 5.19. The first-order valence-corrected chi connectivity index (χ1v) is 5.74. The summed E-state index contributed by atoms with van der Waals surface area (Å²) in [5.74, 6) is 0. The molecule has 0 N–H and O–H groups in total. The highest BCUT2D eigenvalue weighted by molar-refractivity contribution is 7.97. The average Bonchev–Trinajstić information content (AvgIpc) is 2.29. The Hall–Kier alpha value is -1.33. The topological polar surface area (TPSA) is 52.4 Å². The van der Waals surface area contributed by atoms with Crippen LogP contribution in [-0.4, -0.2) is 11.5 Å². The van der Waals surface area contributed by atoms with E-state index in [1.165, 1.54) is 24.2 Å². The highest BCUT2D eigenvalue weighted by atomic mass is 32.2. The number of rotatable bonds is 6. The van der Waals surface area contributed by atoms with Crippen LogP contribution in [0.2, 0.25) is 0 Å². The van der Waals surface area contributed by atoms with E-state index >= 15 is 0 Å². The van der Waals surface area contributed by atoms with Crippen molar-refractivity contribution in [1.29, 1.82) is 0 Å². The SMILES string of the molecule is CCCOS/C=C/c1ccc([N+](=O)[O-])cc1. The average molecular weight is 239 g/mol. The Morgan fingerprint density at radius 2 is 2.12 bits per heavy atom. The zero-order chi connectivity index (χ0) is 11.8. The van der Waals surface area contributed by atoms with E-state index in [4.69, 9.17) is 4.18 Å². The molecule has 0 heterocycles. The number of nitro groups is 1. The monoisotopic (exact) mass is 239 g/mol. The molecule has 0 bridgehead atoms. The van der Waals surface area contributed by atoms with Crippen LogP contribution in [-0.2, 0) is 4.18 Å². The smallest absolute Gasteiger partial charge is 0.269 e. The van der Waals surface area contributed by atoms with Gasteiger partial charge in [-0.25, -0.2) is 0 Å². The number of nitro benzene ring substituents is 1. The van der Waals surface area contributed by atoms with E-state index in [0.29, 0.717) is 0 Å². The molecular formula is C11H13NO3S. The van der Waals surface area contributed by atoms with E-state index in [1.807, 2.05) is 18.4 Å². The highest BCUT2D eigenvalue weighted by Crippen LogP contribution is 2.14. The van der Waals surface area contributed by atoms with Crippen molar-refractivity contribution in [3.8, 4) is 0 Å². The minimum atomic E-state index is -0.410. The fourth-order valence-corrected chi connectivity index (χ4v) is 1.54. The van der Waals surface area contributed by atoms with Crippen LogP contribution in [0.25, 0.3) is 6.08 Å². The van der Waals surface area contributed by atoms with Crippen LogP contribution in [0.15, 0.2) is 29.7 Å². The van der Waals surface area contributed by atoms with Crippen molar-refractivity contribution in [3.63, 3.8) is 0 Å². The molecule has 0 aliphatic heterocycles. The van der Waals surface area contributed by atoms with Gasteiger partial charge in [0.1, 0.15) is 0 Å². The second kappa shape index (κ2) is 7.03. The molecule has 1 rings (SSSR count). The minimum absolute atomic E-state index is 0.104. The Bertz CT molecular complexity index is 362. The zero-order valence-electron chi connectivity index (χ0n) is 8.96. The maximum Gasteiger partial charge on any atom is 0.269 e. The standard InChI is InChI=1S/C11H13NO3S/c1-2-8-15-16-9-7-10-3-5-11(6-4-10)12(13)14/h3-7,9H,2,8H2,1H3/b9-7+. The normalized spacial score (nSPS) is 10.8. The van der Waals surface area contributed by atoms with Crippen LogP contribution < -0.4 is 0 Å². The van der Waals surface area contributed by atoms with Crippen LogP contribution >= 0.6 is 12.0 Å². The first-order valence-electron chi connectivity index (χ1n) is 4.93. The van der Waals surface area contributed by atoms with Gasteiger partial charge in [-0.05, 0) is 35.6 Å². The molecule has 0 aliphatic carbocycles. The molecule has 0 aliphatic rings. The zero-order valence-corrected chi connectivity index (χ0v) is 9.78. The molecule has 1 aromatic rings. The summed E-state index contributed by atoms with van der Waals surface area (Å²) in [7, 11) is 0. The molecular weight excluding hydrogens is 226 g/mol. The highest BCUT2D eigenvalue weighted by Gasteiger charge is 2.01. The summed E-state index contributed by atoms with van der Waals surface area (Å²) >= 11 is 1.27. The molecule has 5 heteroatoms. The minimum Gasteiger partial charge on any atom is -0.311 e. The number of non-ortho nitro benzene ring substituents is 1. The molecule has 86 valence electrons. The van der Waals surface area contributed by atoms with E-state index in [0.717, 1.165) is 18.6 Å². The van der Waals surface area contributed by atoms with E-state index in [1.54, 1.807) is 12.1 Å². The van der Waals surface area contributed by atoms with Gasteiger partial charge < -0.3 is 4.18 Å². The van der Waals surface area contributed by atoms with Crippen molar-refractivity contribution in [2.24, 2.45) is 0 Å². The van der Waals surface area contributed by atoms with Crippen molar-refractivity contribution in [3.05, 3.63) is 45.4 Å². The molecule has 0 radical (unpaired) electrons. The summed E-state index contributed by atoms with van der Waals surface area (Å²) in [4.78, 5) is 10.00. The Morgan fingerprint density at radius 3 is 2.69 bits per heavy atom. The van der Waals surface area contributed by atoms with Gasteiger partial charge in [0.15, 0.2) is 0 Å². The molecule has 0 atom stereocenters. The van der Waals surface area contributed by atoms with Crippen LogP contribution in [0.1, 0.15) is 18.9 Å². The van der Waals surface area contributed by atoms with Gasteiger partial charge in [0.05, 0.1) is 11.5 Å². The molecule has 0 saturated heterocycles. The van der Waals surface area contributed by atoms with Gasteiger partial charge in [-0.2, -0.15) is 0 Å². The van der Waals surface area contributed by atoms with Gasteiger partial charge in [-0.15, -0.1) is 0 Å². The lowest BCUT2D eigenvalue weighted by molar-refractivity contribution is -0.384. The van der Waals surface area contributed by atoms with Crippen LogP contribution in [0, 0.1) is 10.1 Å². The molecule has 1 aromatic carbocycles. The van der Waals surface area contributed by atoms with E-state index < -0.39 is 4.92 Å². The summed E-state index contributed by atoms with van der Waals surface area (Å²) in [6.07, 6.45) is 2.84. The van der Waals surface area contributed by atoms with Gasteiger partial charge in [0, 0.05) is 24.2 Å². The Kier molecular flexibility index (Phi) is 5.60. The van der Waals surface area contributed by atoms with E-state index in [-0.39, 0.29) is 5.69 Å². The molecule has 0 aromatic heterocycles. The van der Waals surface area contributed by atoms with Gasteiger partial charge in [-0.3, -0.25) is 10.1 Å². The Labute approximate surface area is 98.7 Å². The lowest BCUT2D eigenvalue weighted by Crippen LogP contribution is -1.86. The summed E-state index contributed by atoms with van der Waals surface area (Å²) in [6, 6.07) is 6.37. The molecule has 0 unspecified atom stereocenters. The summed E-state index contributed by atoms with van der Waals surface area (Å²) in [5, 5.41) is 12.2. The van der Waals surface area contributed by atoms with Gasteiger partial charge >= 0.3 is 0 Å². The third-order valence-electron chi connectivity index (χ3n) is 1.78. The van der Waals surface area contributed by atoms with Gasteiger partial charge in [0.2, 0.25) is 0 Å². The Morgan fingerprint density at radius 1 is 1.44 bits per heavy atom. The lowest BCUT2D eigenvalue weighted by atomic mass is 10.2. The molecule has 0 spiro atoms. The van der Waals surface area contributed by atoms with E-state index in [2.05, 4.69) is 0 Å². The first kappa shape index (κ1) is 12.7. The summed E-state index contributed by atoms with van der Waals surface area (Å²) in [6.45, 7) is 2.76. The van der Waals surface area contributed by atoms with Crippen LogP contribution in [0.3, 0.4) is 0 Å². The second-order valence-electron chi connectivity index (χ2n) is 3.07. The number of benzene rings is 1. The van der Waals surface area contributed by atoms with Crippen molar-refractivity contribution in [2.75, 3.05) is 6.61 Å². The maximum absolute atomic E-state index is 10.4. The fourth-order valence-electron chi connectivity index (χ4n) is 0.984. The first-order chi connectivity index (χ1) is 7.74. The number of hydrogen-bond donors (Lipinski definition) is 0. The molecule has 0 amide bonds. The molecule has 0 saturated carbocycles. The van der Waals surface area contributed by atoms with Crippen molar-refractivity contribution >= 4 is 23.8 Å². The molecule has 0 fully saturated rings. The van der Waals surface area contributed by atoms with Crippen LogP contribution in [0.5, 0.6) is 0 Å². The largest absolute Gasteiger partial charge is 0.311 e. The Balaban J connectivity index is 2.45. The fraction of sp³-hybridized carbons (Fsp3) is 0.273. The predicted octanol–water partition coefficient (Wildman–Crippen LogP) is 3.64. The lowest BCUT2D eigenvalue weighted by Gasteiger charge is -1.95. The maximum atomic E-state index is 10.4. The van der Waals surface area contributed by atoms with Crippen LogP contribution in [0.4, 0.5) is 5.69 Å². The van der Waals surface area contributed by atoms with E-state index in [9.17, 15) is 10.1 Å². The van der Waals surface area contributed by atoms with Gasteiger partial charge in [-0.1, -0.05) is 6.92 Å². The van der Waals surface area contributed by atoms with Gasteiger partial charge in [0.25, 0.3) is 5.69 Å². The third-order valence-corrected chi connectivity index (χ3v) is 2.33. The summed E-state index contributed by atoms with van der Waals surface area (Å²) in [5.41, 5.74) is 1.02. The van der Waals surface area contributed by atoms with Crippen molar-refractivity contribution in [2.45, 2.75) is 13.3 Å². The second-order valence-corrected chi connectivity index (χ2v) is 3.77. The van der Waals surface area contributed by atoms with Crippen molar-refractivity contribution < 1.29 is 9.11 Å². The number of hydrogen-bond acceptors (Lipinski definition) is 4. The quantitative estimate of drug-likeness (QED) is 0.329. The predicted molar refractivity (Wildman–Crippen MR) is 66.0 cm³/mol. The van der Waals surface area contributed by atoms with Crippen molar-refractivity contribution in [1.82, 2.24) is 0 Å². The third kappa shape index (κ3) is 4.46.